The van der Waals surface area contributed by atoms with E-state index in [0.29, 0.717) is 12.5 Å². The average molecular weight is 475 g/mol. The number of hydrogen-bond acceptors (Lipinski definition) is 8. The monoisotopic (exact) mass is 474 g/mol. The lowest BCUT2D eigenvalue weighted by molar-refractivity contribution is -0.576. The second-order valence-corrected chi connectivity index (χ2v) is 10.4. The maximum absolute atomic E-state index is 12.6. The summed E-state index contributed by atoms with van der Waals surface area (Å²) in [5.41, 5.74) is 0.205. The van der Waals surface area contributed by atoms with Gasteiger partial charge in [0, 0.05) is 43.6 Å². The highest BCUT2D eigenvalue weighted by atomic mass is 17.3. The van der Waals surface area contributed by atoms with Gasteiger partial charge in [0.15, 0.2) is 11.9 Å². The molecule has 4 aliphatic heterocycles. The molecule has 5 aliphatic rings. The minimum Gasteiger partial charge on any atom is -0.435 e. The molecule has 1 amide bonds. The Morgan fingerprint density at radius 2 is 2.03 bits per heavy atom. The quantitative estimate of drug-likeness (QED) is 0.495. The van der Waals surface area contributed by atoms with Crippen molar-refractivity contribution in [2.75, 3.05) is 0 Å². The number of carbonyl (C=O) groups is 2. The zero-order valence-electron chi connectivity index (χ0n) is 20.0. The zero-order chi connectivity index (χ0) is 23.9. The van der Waals surface area contributed by atoms with Gasteiger partial charge >= 0.3 is 5.97 Å². The van der Waals surface area contributed by atoms with Crippen molar-refractivity contribution in [2.45, 2.75) is 89.8 Å². The molecule has 2 bridgehead atoms. The lowest BCUT2D eigenvalue weighted by atomic mass is 9.58. The summed E-state index contributed by atoms with van der Waals surface area (Å²) in [5, 5.41) is 2.80. The fourth-order valence-electron chi connectivity index (χ4n) is 6.20. The highest BCUT2D eigenvalue weighted by Crippen LogP contribution is 2.60. The summed E-state index contributed by atoms with van der Waals surface area (Å²) in [5.74, 6) is -0.856. The van der Waals surface area contributed by atoms with Crippen LogP contribution in [0.4, 0.5) is 0 Å². The van der Waals surface area contributed by atoms with Crippen LogP contribution in [-0.2, 0) is 40.1 Å². The number of amides is 1. The number of nitrogens with zero attached hydrogens (tertiary/aromatic N) is 1. The van der Waals surface area contributed by atoms with E-state index in [2.05, 4.69) is 17.2 Å². The van der Waals surface area contributed by atoms with Crippen LogP contribution in [0.5, 0.6) is 0 Å². The van der Waals surface area contributed by atoms with Gasteiger partial charge in [-0.05, 0) is 49.7 Å². The fourth-order valence-corrected chi connectivity index (χ4v) is 6.20. The molecule has 34 heavy (non-hydrogen) atoms. The topological polar surface area (TPSA) is 105 Å². The van der Waals surface area contributed by atoms with Crippen LogP contribution >= 0.6 is 0 Å². The van der Waals surface area contributed by atoms with Crippen LogP contribution in [0.3, 0.4) is 0 Å². The third kappa shape index (κ3) is 4.23. The zero-order valence-corrected chi connectivity index (χ0v) is 20.0. The third-order valence-electron chi connectivity index (χ3n) is 8.11. The Balaban J connectivity index is 1.20. The minimum absolute atomic E-state index is 0.0240. The molecule has 0 aromatic carbocycles. The number of fused-ring (bicyclic) bond motifs is 2. The van der Waals surface area contributed by atoms with E-state index in [4.69, 9.17) is 24.0 Å². The molecule has 1 saturated carbocycles. The van der Waals surface area contributed by atoms with Crippen LogP contribution in [-0.4, -0.2) is 40.8 Å². The molecule has 8 atom stereocenters. The first-order valence-electron chi connectivity index (χ1n) is 12.4. The van der Waals surface area contributed by atoms with Gasteiger partial charge < -0.3 is 19.5 Å². The molecule has 4 saturated heterocycles. The standard InChI is InChI=1S/C25H34N2O7/c1-15-6-7-19-16(2)22(31-23-25(19)18(15)10-11-24(3,32-23)33-34-25)30-21(29)9-8-20(28)27-14-17-5-4-12-26-13-17/h4-5,12-13,15-16,18-19,22-23H,6-11,14H2,1-3H3,(H,27,28)/t15-,16-,18+,19+,22-,23-,24+,25?/m1/s1. The Morgan fingerprint density at radius 3 is 2.82 bits per heavy atom. The lowest BCUT2D eigenvalue weighted by Gasteiger charge is -2.59. The first-order chi connectivity index (χ1) is 16.3. The molecule has 1 aliphatic carbocycles. The number of aromatic nitrogens is 1. The largest absolute Gasteiger partial charge is 0.435 e. The molecule has 9 heteroatoms. The molecule has 186 valence electrons. The number of rotatable bonds is 6. The fraction of sp³-hybridized carbons (Fsp3) is 0.720. The lowest BCUT2D eigenvalue weighted by Crippen LogP contribution is -2.70. The van der Waals surface area contributed by atoms with E-state index in [9.17, 15) is 9.59 Å². The number of esters is 1. The predicted molar refractivity (Wildman–Crippen MR) is 118 cm³/mol. The van der Waals surface area contributed by atoms with E-state index in [0.717, 1.165) is 31.2 Å². The second kappa shape index (κ2) is 9.18. The van der Waals surface area contributed by atoms with E-state index >= 15 is 0 Å². The molecule has 5 fully saturated rings. The van der Waals surface area contributed by atoms with Crippen LogP contribution in [0.2, 0.25) is 0 Å². The summed E-state index contributed by atoms with van der Waals surface area (Å²) in [6.07, 6.45) is 5.64. The van der Waals surface area contributed by atoms with Gasteiger partial charge in [0.05, 0.1) is 6.42 Å². The molecular weight excluding hydrogens is 440 g/mol. The van der Waals surface area contributed by atoms with Crippen molar-refractivity contribution in [3.8, 4) is 0 Å². The van der Waals surface area contributed by atoms with Gasteiger partial charge in [-0.25, -0.2) is 9.78 Å². The van der Waals surface area contributed by atoms with Crippen molar-refractivity contribution in [3.05, 3.63) is 30.1 Å². The van der Waals surface area contributed by atoms with Crippen LogP contribution in [0, 0.1) is 23.7 Å². The number of pyridine rings is 1. The van der Waals surface area contributed by atoms with Gasteiger partial charge in [-0.15, -0.1) is 0 Å². The molecule has 1 spiro atoms. The average Bonchev–Trinajstić information content (AvgIpc) is 3.06. The Morgan fingerprint density at radius 1 is 1.18 bits per heavy atom. The molecule has 5 heterocycles. The minimum atomic E-state index is -0.876. The van der Waals surface area contributed by atoms with E-state index in [-0.39, 0.29) is 36.5 Å². The molecule has 0 radical (unpaired) electrons. The van der Waals surface area contributed by atoms with E-state index in [1.54, 1.807) is 12.4 Å². The molecule has 1 N–H and O–H groups in total. The summed E-state index contributed by atoms with van der Waals surface area (Å²) >= 11 is 0. The van der Waals surface area contributed by atoms with Gasteiger partial charge in [-0.3, -0.25) is 14.6 Å². The number of hydrogen-bond donors (Lipinski definition) is 1. The first kappa shape index (κ1) is 23.7. The summed E-state index contributed by atoms with van der Waals surface area (Å²) < 4.78 is 18.3. The predicted octanol–water partition coefficient (Wildman–Crippen LogP) is 3.23. The van der Waals surface area contributed by atoms with Crippen molar-refractivity contribution in [1.29, 1.82) is 0 Å². The van der Waals surface area contributed by atoms with Gasteiger partial charge in [0.1, 0.15) is 0 Å². The Hall–Kier alpha value is -2.07. The smallest absolute Gasteiger partial charge is 0.308 e. The molecule has 6 rings (SSSR count). The number of ether oxygens (including phenoxy) is 3. The Kier molecular flexibility index (Phi) is 6.39. The third-order valence-corrected chi connectivity index (χ3v) is 8.11. The molecule has 1 aromatic heterocycles. The van der Waals surface area contributed by atoms with Crippen LogP contribution in [0.1, 0.15) is 64.9 Å². The highest BCUT2D eigenvalue weighted by Gasteiger charge is 2.69. The number of carbonyl (C=O) groups excluding carboxylic acids is 2. The van der Waals surface area contributed by atoms with Crippen molar-refractivity contribution in [1.82, 2.24) is 10.3 Å². The van der Waals surface area contributed by atoms with Crippen LogP contribution in [0.15, 0.2) is 24.5 Å². The summed E-state index contributed by atoms with van der Waals surface area (Å²) in [6, 6.07) is 3.69. The Labute approximate surface area is 199 Å². The van der Waals surface area contributed by atoms with Crippen molar-refractivity contribution >= 4 is 11.9 Å². The van der Waals surface area contributed by atoms with E-state index in [1.165, 1.54) is 0 Å². The van der Waals surface area contributed by atoms with Crippen molar-refractivity contribution < 1.29 is 33.6 Å². The molecule has 1 unspecified atom stereocenters. The second-order valence-electron chi connectivity index (χ2n) is 10.4. The SMILES string of the molecule is C[C@H]1[C@H](OC(=O)CCC(=O)NCc2cccnc2)O[C@@H]2O[C@]3(C)CC[C@H]4[C@H](C)CC[C@@H]1C24OO3. The van der Waals surface area contributed by atoms with Crippen LogP contribution < -0.4 is 5.32 Å². The van der Waals surface area contributed by atoms with Gasteiger partial charge in [0.25, 0.3) is 0 Å². The summed E-state index contributed by atoms with van der Waals surface area (Å²) in [7, 11) is 0. The summed E-state index contributed by atoms with van der Waals surface area (Å²) in [4.78, 5) is 40.7. The van der Waals surface area contributed by atoms with Gasteiger partial charge in [0.2, 0.25) is 18.0 Å². The highest BCUT2D eigenvalue weighted by molar-refractivity contribution is 5.81. The molecular formula is C25H34N2O7. The van der Waals surface area contributed by atoms with E-state index < -0.39 is 29.9 Å². The van der Waals surface area contributed by atoms with Gasteiger partial charge in [-0.1, -0.05) is 19.9 Å². The Bertz CT molecular complexity index is 914. The van der Waals surface area contributed by atoms with E-state index in [1.807, 2.05) is 26.0 Å². The van der Waals surface area contributed by atoms with Gasteiger partial charge in [-0.2, -0.15) is 0 Å². The van der Waals surface area contributed by atoms with Crippen molar-refractivity contribution in [2.24, 2.45) is 23.7 Å². The van der Waals surface area contributed by atoms with Crippen LogP contribution in [0.25, 0.3) is 0 Å². The number of nitrogens with one attached hydrogen (secondary N) is 1. The summed E-state index contributed by atoms with van der Waals surface area (Å²) in [6.45, 7) is 6.52. The normalized spacial score (nSPS) is 40.7. The maximum Gasteiger partial charge on any atom is 0.308 e. The maximum atomic E-state index is 12.6. The molecule has 9 nitrogen and oxygen atoms in total. The molecule has 1 aromatic rings. The first-order valence-corrected chi connectivity index (χ1v) is 12.4. The van der Waals surface area contributed by atoms with Crippen molar-refractivity contribution in [3.63, 3.8) is 0 Å².